The van der Waals surface area contributed by atoms with Crippen molar-refractivity contribution in [1.82, 2.24) is 9.80 Å². The molecule has 2 aliphatic heterocycles. The van der Waals surface area contributed by atoms with Gasteiger partial charge in [0, 0.05) is 24.5 Å². The summed E-state index contributed by atoms with van der Waals surface area (Å²) in [7, 11) is 3.23. The number of nitrogens with zero attached hydrogens (tertiary/aromatic N) is 2. The van der Waals surface area contributed by atoms with Crippen LogP contribution in [0.25, 0.3) is 0 Å². The lowest BCUT2D eigenvalue weighted by molar-refractivity contribution is -0.123. The summed E-state index contributed by atoms with van der Waals surface area (Å²) < 4.78 is 10.8. The molecule has 2 N–H and O–H groups in total. The molecular weight excluding hydrogens is 368 g/mol. The van der Waals surface area contributed by atoms with E-state index in [4.69, 9.17) is 9.47 Å². The first kappa shape index (κ1) is 20.9. The molecule has 4 rings (SSSR count). The van der Waals surface area contributed by atoms with E-state index in [1.165, 1.54) is 45.2 Å². The van der Waals surface area contributed by atoms with E-state index in [1.807, 2.05) is 18.2 Å². The minimum absolute atomic E-state index is 0.343. The Labute approximate surface area is 174 Å². The summed E-state index contributed by atoms with van der Waals surface area (Å²) in [5.41, 5.74) is 0.904. The summed E-state index contributed by atoms with van der Waals surface area (Å²) in [6, 6.07) is 6.60. The Morgan fingerprint density at radius 3 is 2.21 bits per heavy atom. The van der Waals surface area contributed by atoms with Gasteiger partial charge in [0.1, 0.15) is 6.23 Å². The highest BCUT2D eigenvalue weighted by molar-refractivity contribution is 5.44. The molecule has 0 bridgehead atoms. The minimum atomic E-state index is -0.690. The van der Waals surface area contributed by atoms with Gasteiger partial charge in [0.15, 0.2) is 11.5 Å². The first-order valence-electron chi connectivity index (χ1n) is 11.2. The van der Waals surface area contributed by atoms with Gasteiger partial charge in [-0.25, -0.2) is 0 Å². The first-order chi connectivity index (χ1) is 14.1. The van der Waals surface area contributed by atoms with Crippen LogP contribution in [0.5, 0.6) is 11.5 Å². The molecular formula is C23H36N2O4. The highest BCUT2D eigenvalue weighted by Crippen LogP contribution is 2.40. The van der Waals surface area contributed by atoms with Crippen molar-refractivity contribution in [3.63, 3.8) is 0 Å². The third-order valence-corrected chi connectivity index (χ3v) is 7.28. The predicted molar refractivity (Wildman–Crippen MR) is 112 cm³/mol. The number of piperidine rings is 1. The SMILES string of the molecule is COc1ccc([C@H]2C(O)CCN(C3CCCCC3N3CCCC3)[C@@H]2O)cc1OC. The topological polar surface area (TPSA) is 65.4 Å². The van der Waals surface area contributed by atoms with E-state index in [0.29, 0.717) is 30.0 Å². The molecule has 3 aliphatic rings. The Hall–Kier alpha value is -1.34. The van der Waals surface area contributed by atoms with Crippen LogP contribution in [0.2, 0.25) is 0 Å². The average Bonchev–Trinajstić information content (AvgIpc) is 3.28. The summed E-state index contributed by atoms with van der Waals surface area (Å²) in [6.07, 6.45) is 6.87. The van der Waals surface area contributed by atoms with Gasteiger partial charge in [-0.2, -0.15) is 0 Å². The van der Waals surface area contributed by atoms with Crippen LogP contribution in [0.3, 0.4) is 0 Å². The molecule has 0 aromatic heterocycles. The number of hydrogen-bond donors (Lipinski definition) is 2. The zero-order valence-corrected chi connectivity index (χ0v) is 17.8. The largest absolute Gasteiger partial charge is 0.493 e. The van der Waals surface area contributed by atoms with Crippen molar-refractivity contribution >= 4 is 0 Å². The van der Waals surface area contributed by atoms with Gasteiger partial charge in [-0.05, 0) is 62.9 Å². The normalized spacial score (nSPS) is 34.3. The summed E-state index contributed by atoms with van der Waals surface area (Å²) in [5.74, 6) is 0.952. The zero-order chi connectivity index (χ0) is 20.4. The molecule has 162 valence electrons. The lowest BCUT2D eigenvalue weighted by atomic mass is 9.81. The molecule has 1 saturated carbocycles. The summed E-state index contributed by atoms with van der Waals surface area (Å²) in [6.45, 7) is 3.13. The lowest BCUT2D eigenvalue weighted by Crippen LogP contribution is -2.60. The van der Waals surface area contributed by atoms with Gasteiger partial charge in [0.2, 0.25) is 0 Å². The molecule has 1 aliphatic carbocycles. The maximum Gasteiger partial charge on any atom is 0.161 e. The van der Waals surface area contributed by atoms with Crippen molar-refractivity contribution in [1.29, 1.82) is 0 Å². The third-order valence-electron chi connectivity index (χ3n) is 7.28. The van der Waals surface area contributed by atoms with Gasteiger partial charge in [0.05, 0.1) is 20.3 Å². The number of benzene rings is 1. The Bertz CT molecular complexity index is 679. The molecule has 0 spiro atoms. The van der Waals surface area contributed by atoms with Gasteiger partial charge in [-0.3, -0.25) is 9.80 Å². The summed E-state index contributed by atoms with van der Waals surface area (Å²) in [5, 5.41) is 22.2. The van der Waals surface area contributed by atoms with Gasteiger partial charge >= 0.3 is 0 Å². The Kier molecular flexibility index (Phi) is 6.64. The van der Waals surface area contributed by atoms with Crippen LogP contribution in [-0.4, -0.2) is 78.3 Å². The van der Waals surface area contributed by atoms with Crippen molar-refractivity contribution in [2.45, 2.75) is 75.3 Å². The van der Waals surface area contributed by atoms with E-state index < -0.39 is 12.3 Å². The molecule has 2 heterocycles. The molecule has 0 radical (unpaired) electrons. The van der Waals surface area contributed by atoms with Crippen LogP contribution in [0.4, 0.5) is 0 Å². The first-order valence-corrected chi connectivity index (χ1v) is 11.2. The highest BCUT2D eigenvalue weighted by Gasteiger charge is 2.44. The molecule has 3 unspecified atom stereocenters. The van der Waals surface area contributed by atoms with E-state index in [9.17, 15) is 10.2 Å². The van der Waals surface area contributed by atoms with Crippen molar-refractivity contribution in [2.75, 3.05) is 33.9 Å². The fraction of sp³-hybridized carbons (Fsp3) is 0.739. The van der Waals surface area contributed by atoms with Crippen LogP contribution in [0, 0.1) is 0 Å². The number of likely N-dealkylation sites (tertiary alicyclic amines) is 2. The molecule has 5 atom stereocenters. The smallest absolute Gasteiger partial charge is 0.161 e. The number of aliphatic hydroxyl groups is 2. The van der Waals surface area contributed by atoms with Crippen molar-refractivity contribution in [2.24, 2.45) is 0 Å². The number of methoxy groups -OCH3 is 2. The van der Waals surface area contributed by atoms with Crippen LogP contribution >= 0.6 is 0 Å². The Balaban J connectivity index is 1.58. The molecule has 1 aromatic carbocycles. The standard InChI is InChI=1S/C23H36N2O4/c1-28-20-10-9-16(15-21(20)29-2)22-19(26)11-14-25(23(22)27)18-8-4-3-7-17(18)24-12-5-6-13-24/h9-10,15,17-19,22-23,26-27H,3-8,11-14H2,1-2H3/t17?,18?,19?,22-,23+/m0/s1. The molecule has 2 saturated heterocycles. The van der Waals surface area contributed by atoms with E-state index in [-0.39, 0.29) is 5.92 Å². The van der Waals surface area contributed by atoms with Crippen LogP contribution in [-0.2, 0) is 0 Å². The van der Waals surface area contributed by atoms with Crippen LogP contribution < -0.4 is 9.47 Å². The van der Waals surface area contributed by atoms with Crippen LogP contribution in [0.1, 0.15) is 56.4 Å². The molecule has 29 heavy (non-hydrogen) atoms. The molecule has 6 heteroatoms. The monoisotopic (exact) mass is 404 g/mol. The van der Waals surface area contributed by atoms with E-state index in [1.54, 1.807) is 14.2 Å². The number of hydrogen-bond acceptors (Lipinski definition) is 6. The predicted octanol–water partition coefficient (Wildman–Crippen LogP) is 2.58. The maximum atomic E-state index is 11.4. The Morgan fingerprint density at radius 1 is 0.828 bits per heavy atom. The van der Waals surface area contributed by atoms with Crippen molar-refractivity contribution < 1.29 is 19.7 Å². The number of rotatable bonds is 5. The molecule has 1 aromatic rings. The second-order valence-electron chi connectivity index (χ2n) is 8.81. The van der Waals surface area contributed by atoms with Gasteiger partial charge in [-0.1, -0.05) is 18.9 Å². The molecule has 6 nitrogen and oxygen atoms in total. The molecule has 0 amide bonds. The Morgan fingerprint density at radius 2 is 1.52 bits per heavy atom. The number of aliphatic hydroxyl groups excluding tert-OH is 2. The van der Waals surface area contributed by atoms with Crippen molar-refractivity contribution in [3.05, 3.63) is 23.8 Å². The fourth-order valence-corrected chi connectivity index (χ4v) is 5.79. The third kappa shape index (κ3) is 4.13. The van der Waals surface area contributed by atoms with Gasteiger partial charge in [0.25, 0.3) is 0 Å². The highest BCUT2D eigenvalue weighted by atomic mass is 16.5. The maximum absolute atomic E-state index is 11.4. The van der Waals surface area contributed by atoms with Crippen LogP contribution in [0.15, 0.2) is 18.2 Å². The molecule has 3 fully saturated rings. The summed E-state index contributed by atoms with van der Waals surface area (Å²) >= 11 is 0. The lowest BCUT2D eigenvalue weighted by Gasteiger charge is -2.50. The average molecular weight is 405 g/mol. The zero-order valence-electron chi connectivity index (χ0n) is 17.8. The van der Waals surface area contributed by atoms with E-state index >= 15 is 0 Å². The van der Waals surface area contributed by atoms with Gasteiger partial charge < -0.3 is 19.7 Å². The van der Waals surface area contributed by atoms with E-state index in [2.05, 4.69) is 9.80 Å². The fourth-order valence-electron chi connectivity index (χ4n) is 5.79. The van der Waals surface area contributed by atoms with Crippen molar-refractivity contribution in [3.8, 4) is 11.5 Å². The number of ether oxygens (including phenoxy) is 2. The second-order valence-corrected chi connectivity index (χ2v) is 8.81. The quantitative estimate of drug-likeness (QED) is 0.786. The van der Waals surface area contributed by atoms with E-state index in [0.717, 1.165) is 18.5 Å². The minimum Gasteiger partial charge on any atom is -0.493 e. The second kappa shape index (κ2) is 9.21. The summed E-state index contributed by atoms with van der Waals surface area (Å²) in [4.78, 5) is 4.93. The van der Waals surface area contributed by atoms with Gasteiger partial charge in [-0.15, -0.1) is 0 Å².